The summed E-state index contributed by atoms with van der Waals surface area (Å²) < 4.78 is 5.27. The Balaban J connectivity index is 1.52. The number of ether oxygens (including phenoxy) is 1. The van der Waals surface area contributed by atoms with E-state index in [1.165, 1.54) is 0 Å². The fourth-order valence-electron chi connectivity index (χ4n) is 2.52. The van der Waals surface area contributed by atoms with Crippen LogP contribution >= 0.6 is 11.8 Å². The van der Waals surface area contributed by atoms with Crippen LogP contribution in [0, 0.1) is 0 Å². The van der Waals surface area contributed by atoms with Crippen molar-refractivity contribution in [3.63, 3.8) is 0 Å². The Labute approximate surface area is 145 Å². The fraction of sp³-hybridized carbons (Fsp3) is 0.278. The molecule has 2 heterocycles. The van der Waals surface area contributed by atoms with E-state index >= 15 is 0 Å². The first-order valence-electron chi connectivity index (χ1n) is 7.74. The van der Waals surface area contributed by atoms with Gasteiger partial charge >= 0.3 is 5.97 Å². The van der Waals surface area contributed by atoms with Gasteiger partial charge in [-0.3, -0.25) is 14.6 Å². The second-order valence-electron chi connectivity index (χ2n) is 5.43. The Kier molecular flexibility index (Phi) is 5.48. The van der Waals surface area contributed by atoms with Crippen molar-refractivity contribution in [3.8, 4) is 0 Å². The van der Waals surface area contributed by atoms with Gasteiger partial charge in [-0.25, -0.2) is 0 Å². The molecule has 1 amide bonds. The first-order chi connectivity index (χ1) is 11.7. The van der Waals surface area contributed by atoms with Gasteiger partial charge in [0, 0.05) is 18.9 Å². The molecule has 124 valence electrons. The van der Waals surface area contributed by atoms with Gasteiger partial charge in [-0.2, -0.15) is 0 Å². The van der Waals surface area contributed by atoms with Gasteiger partial charge in [0.05, 0.1) is 12.2 Å². The number of pyridine rings is 1. The van der Waals surface area contributed by atoms with Gasteiger partial charge in [-0.1, -0.05) is 30.3 Å². The van der Waals surface area contributed by atoms with E-state index in [-0.39, 0.29) is 30.3 Å². The number of aromatic nitrogens is 1. The predicted octanol–water partition coefficient (Wildman–Crippen LogP) is 2.79. The van der Waals surface area contributed by atoms with Gasteiger partial charge in [-0.05, 0) is 23.3 Å². The average molecular weight is 342 g/mol. The molecule has 1 aromatic heterocycles. The van der Waals surface area contributed by atoms with E-state index in [2.05, 4.69) is 4.98 Å². The van der Waals surface area contributed by atoms with E-state index in [1.807, 2.05) is 42.5 Å². The lowest BCUT2D eigenvalue weighted by Gasteiger charge is -2.23. The minimum absolute atomic E-state index is 0.0533. The molecule has 1 aliphatic rings. The Morgan fingerprint density at radius 1 is 1.21 bits per heavy atom. The molecule has 6 heteroatoms. The molecular formula is C18H18N2O3S. The molecular weight excluding hydrogens is 324 g/mol. The van der Waals surface area contributed by atoms with Crippen LogP contribution in [0.4, 0.5) is 0 Å². The summed E-state index contributed by atoms with van der Waals surface area (Å²) in [7, 11) is 0. The third kappa shape index (κ3) is 4.14. The molecule has 0 aliphatic carbocycles. The maximum absolute atomic E-state index is 12.1. The fourth-order valence-corrected chi connectivity index (χ4v) is 3.74. The average Bonchev–Trinajstić information content (AvgIpc) is 3.00. The van der Waals surface area contributed by atoms with Crippen LogP contribution in [0.3, 0.4) is 0 Å². The van der Waals surface area contributed by atoms with E-state index < -0.39 is 0 Å². The number of benzene rings is 1. The van der Waals surface area contributed by atoms with Crippen LogP contribution in [-0.4, -0.2) is 34.1 Å². The SMILES string of the molecule is O=C(CCN1C(=O)CSC1c1ccncc1)OCc1ccccc1. The molecule has 1 fully saturated rings. The monoisotopic (exact) mass is 342 g/mol. The van der Waals surface area contributed by atoms with Gasteiger partial charge in [-0.15, -0.1) is 11.8 Å². The number of carbonyl (C=O) groups is 2. The first kappa shape index (κ1) is 16.5. The molecule has 0 N–H and O–H groups in total. The van der Waals surface area contributed by atoms with Gasteiger partial charge < -0.3 is 9.64 Å². The zero-order valence-electron chi connectivity index (χ0n) is 13.1. The molecule has 0 radical (unpaired) electrons. The number of esters is 1. The minimum atomic E-state index is -0.294. The summed E-state index contributed by atoms with van der Waals surface area (Å²) in [4.78, 5) is 29.8. The van der Waals surface area contributed by atoms with E-state index in [0.717, 1.165) is 11.1 Å². The smallest absolute Gasteiger partial charge is 0.307 e. The Morgan fingerprint density at radius 3 is 2.71 bits per heavy atom. The molecule has 1 aliphatic heterocycles. The maximum Gasteiger partial charge on any atom is 0.307 e. The molecule has 3 rings (SSSR count). The van der Waals surface area contributed by atoms with E-state index in [9.17, 15) is 9.59 Å². The summed E-state index contributed by atoms with van der Waals surface area (Å²) in [6.07, 6.45) is 3.62. The van der Waals surface area contributed by atoms with Gasteiger partial charge in [0.25, 0.3) is 0 Å². The Hall–Kier alpha value is -2.34. The molecule has 1 aromatic carbocycles. The molecule has 2 aromatic rings. The second-order valence-corrected chi connectivity index (χ2v) is 6.50. The first-order valence-corrected chi connectivity index (χ1v) is 8.79. The Bertz CT molecular complexity index is 694. The van der Waals surface area contributed by atoms with Gasteiger partial charge in [0.2, 0.25) is 5.91 Å². The third-order valence-electron chi connectivity index (χ3n) is 3.76. The van der Waals surface area contributed by atoms with Crippen LogP contribution in [0.25, 0.3) is 0 Å². The van der Waals surface area contributed by atoms with Crippen molar-refractivity contribution in [2.75, 3.05) is 12.3 Å². The number of thioether (sulfide) groups is 1. The summed E-state index contributed by atoms with van der Waals surface area (Å²) >= 11 is 1.57. The van der Waals surface area contributed by atoms with Crippen LogP contribution in [0.2, 0.25) is 0 Å². The summed E-state index contributed by atoms with van der Waals surface area (Å²) in [5, 5.41) is -0.0533. The standard InChI is InChI=1S/C18H18N2O3S/c21-16-13-24-18(15-6-9-19-10-7-15)20(16)11-8-17(22)23-12-14-4-2-1-3-5-14/h1-7,9-10,18H,8,11-13H2. The van der Waals surface area contributed by atoms with Crippen LogP contribution < -0.4 is 0 Å². The van der Waals surface area contributed by atoms with Crippen LogP contribution in [0.1, 0.15) is 22.9 Å². The Morgan fingerprint density at radius 2 is 1.96 bits per heavy atom. The van der Waals surface area contributed by atoms with E-state index in [4.69, 9.17) is 4.74 Å². The minimum Gasteiger partial charge on any atom is -0.461 e. The molecule has 0 spiro atoms. The number of nitrogens with zero attached hydrogens (tertiary/aromatic N) is 2. The molecule has 1 atom stereocenters. The highest BCUT2D eigenvalue weighted by atomic mass is 32.2. The number of rotatable bonds is 6. The highest BCUT2D eigenvalue weighted by molar-refractivity contribution is 8.00. The molecule has 1 unspecified atom stereocenters. The van der Waals surface area contributed by atoms with E-state index in [1.54, 1.807) is 29.1 Å². The third-order valence-corrected chi connectivity index (χ3v) is 5.01. The molecule has 0 bridgehead atoms. The van der Waals surface area contributed by atoms with E-state index in [0.29, 0.717) is 12.3 Å². The summed E-state index contributed by atoms with van der Waals surface area (Å²) in [5.74, 6) is 0.196. The summed E-state index contributed by atoms with van der Waals surface area (Å²) in [6.45, 7) is 0.628. The molecule has 24 heavy (non-hydrogen) atoms. The van der Waals surface area contributed by atoms with Gasteiger partial charge in [0.15, 0.2) is 0 Å². The largest absolute Gasteiger partial charge is 0.461 e. The highest BCUT2D eigenvalue weighted by Crippen LogP contribution is 2.38. The normalized spacial score (nSPS) is 17.1. The lowest BCUT2D eigenvalue weighted by molar-refractivity contribution is -0.145. The molecule has 5 nitrogen and oxygen atoms in total. The predicted molar refractivity (Wildman–Crippen MR) is 92.0 cm³/mol. The van der Waals surface area contributed by atoms with Crippen molar-refractivity contribution in [1.82, 2.24) is 9.88 Å². The van der Waals surface area contributed by atoms with Crippen molar-refractivity contribution < 1.29 is 14.3 Å². The van der Waals surface area contributed by atoms with Crippen molar-refractivity contribution in [1.29, 1.82) is 0 Å². The summed E-state index contributed by atoms with van der Waals surface area (Å²) in [6, 6.07) is 13.3. The van der Waals surface area contributed by atoms with Crippen molar-refractivity contribution in [2.45, 2.75) is 18.4 Å². The van der Waals surface area contributed by atoms with Crippen molar-refractivity contribution in [2.24, 2.45) is 0 Å². The number of hydrogen-bond acceptors (Lipinski definition) is 5. The summed E-state index contributed by atoms with van der Waals surface area (Å²) in [5.41, 5.74) is 1.98. The molecule has 0 saturated carbocycles. The topological polar surface area (TPSA) is 59.5 Å². The molecule has 1 saturated heterocycles. The quantitative estimate of drug-likeness (QED) is 0.756. The zero-order valence-corrected chi connectivity index (χ0v) is 13.9. The maximum atomic E-state index is 12.1. The number of hydrogen-bond donors (Lipinski definition) is 0. The lowest BCUT2D eigenvalue weighted by atomic mass is 10.2. The lowest BCUT2D eigenvalue weighted by Crippen LogP contribution is -2.30. The van der Waals surface area contributed by atoms with Crippen LogP contribution in [0.15, 0.2) is 54.9 Å². The van der Waals surface area contributed by atoms with Crippen LogP contribution in [0.5, 0.6) is 0 Å². The van der Waals surface area contributed by atoms with Crippen LogP contribution in [-0.2, 0) is 20.9 Å². The second kappa shape index (κ2) is 7.97. The highest BCUT2D eigenvalue weighted by Gasteiger charge is 2.32. The number of amides is 1. The zero-order chi connectivity index (χ0) is 16.8. The van der Waals surface area contributed by atoms with Crippen molar-refractivity contribution in [3.05, 3.63) is 66.0 Å². The number of carbonyl (C=O) groups excluding carboxylic acids is 2. The van der Waals surface area contributed by atoms with Gasteiger partial charge in [0.1, 0.15) is 12.0 Å². The van der Waals surface area contributed by atoms with Crippen molar-refractivity contribution >= 4 is 23.6 Å².